The minimum atomic E-state index is -0.545. The van der Waals surface area contributed by atoms with Crippen LogP contribution in [0.5, 0.6) is 0 Å². The van der Waals surface area contributed by atoms with Crippen LogP contribution in [0.2, 0.25) is 0 Å². The van der Waals surface area contributed by atoms with Gasteiger partial charge in [-0.3, -0.25) is 14.6 Å². The van der Waals surface area contributed by atoms with Crippen LogP contribution < -0.4 is 10.2 Å². The predicted octanol–water partition coefficient (Wildman–Crippen LogP) is 2.45. The average Bonchev–Trinajstić information content (AvgIpc) is 3.25. The fourth-order valence-electron chi connectivity index (χ4n) is 3.59. The monoisotopic (exact) mass is 348 g/mol. The maximum absolute atomic E-state index is 12.7. The molecule has 0 radical (unpaired) electrons. The quantitative estimate of drug-likeness (QED) is 0.561. The molecule has 3 heterocycles. The maximum atomic E-state index is 12.7. The zero-order chi connectivity index (χ0) is 18.1. The van der Waals surface area contributed by atoms with Crippen LogP contribution in [0.4, 0.5) is 5.69 Å². The van der Waals surface area contributed by atoms with Gasteiger partial charge in [-0.1, -0.05) is 18.2 Å². The van der Waals surface area contributed by atoms with Gasteiger partial charge in [0, 0.05) is 41.9 Å². The number of aryl methyl sites for hydroxylation is 1. The third-order valence-electron chi connectivity index (χ3n) is 4.86. The van der Waals surface area contributed by atoms with Crippen molar-refractivity contribution in [3.8, 4) is 0 Å². The van der Waals surface area contributed by atoms with Gasteiger partial charge in [-0.05, 0) is 31.5 Å². The first-order valence-corrected chi connectivity index (χ1v) is 8.71. The van der Waals surface area contributed by atoms with E-state index >= 15 is 0 Å². The highest BCUT2D eigenvalue weighted by atomic mass is 16.2. The topological polar surface area (TPSA) is 78.1 Å². The van der Waals surface area contributed by atoms with Crippen LogP contribution in [-0.4, -0.2) is 40.8 Å². The van der Waals surface area contributed by atoms with Crippen LogP contribution in [0.15, 0.2) is 48.8 Å². The molecule has 0 saturated carbocycles. The number of anilines is 1. The Bertz CT molecular complexity index is 964. The molecule has 1 aliphatic rings. The van der Waals surface area contributed by atoms with Crippen LogP contribution in [-0.2, 0) is 4.79 Å². The van der Waals surface area contributed by atoms with E-state index in [-0.39, 0.29) is 6.04 Å². The summed E-state index contributed by atoms with van der Waals surface area (Å²) in [5, 5.41) is 3.68. The van der Waals surface area contributed by atoms with Gasteiger partial charge in [-0.25, -0.2) is 0 Å². The van der Waals surface area contributed by atoms with Crippen molar-refractivity contribution >= 4 is 28.3 Å². The smallest absolute Gasteiger partial charge is 0.292 e. The van der Waals surface area contributed by atoms with Crippen molar-refractivity contribution in [2.75, 3.05) is 18.0 Å². The molecule has 1 aromatic carbocycles. The summed E-state index contributed by atoms with van der Waals surface area (Å²) in [5.74, 6) is -1.03. The van der Waals surface area contributed by atoms with Gasteiger partial charge in [-0.15, -0.1) is 0 Å². The molecule has 0 spiro atoms. The molecule has 132 valence electrons. The van der Waals surface area contributed by atoms with Gasteiger partial charge < -0.3 is 15.2 Å². The molecular formula is C20H20N4O2. The van der Waals surface area contributed by atoms with E-state index < -0.39 is 11.7 Å². The standard InChI is InChI=1S/C20H20N4O2/c1-13-18(16-6-2-3-7-17(16)22-13)19(25)20(26)23-14-8-10-24(12-14)15-5-4-9-21-11-15/h2-7,9,11,14,22H,8,10,12H2,1H3,(H,23,26). The van der Waals surface area contributed by atoms with Gasteiger partial charge in [0.2, 0.25) is 0 Å². The molecule has 4 rings (SSSR count). The second kappa shape index (κ2) is 6.63. The Balaban J connectivity index is 1.47. The number of carbonyl (C=O) groups is 2. The Morgan fingerprint density at radius 3 is 2.88 bits per heavy atom. The van der Waals surface area contributed by atoms with E-state index in [0.29, 0.717) is 12.1 Å². The van der Waals surface area contributed by atoms with Gasteiger partial charge >= 0.3 is 0 Å². The molecule has 1 fully saturated rings. The molecule has 2 aromatic heterocycles. The number of pyridine rings is 1. The van der Waals surface area contributed by atoms with E-state index in [1.165, 1.54) is 0 Å². The number of Topliss-reactive ketones (excluding diaryl/α,β-unsaturated/α-hetero) is 1. The third kappa shape index (κ3) is 2.94. The third-order valence-corrected chi connectivity index (χ3v) is 4.86. The Labute approximate surface area is 151 Å². The molecule has 1 atom stereocenters. The van der Waals surface area contributed by atoms with Crippen molar-refractivity contribution in [3.63, 3.8) is 0 Å². The fourth-order valence-corrected chi connectivity index (χ4v) is 3.59. The molecule has 3 aromatic rings. The van der Waals surface area contributed by atoms with Crippen molar-refractivity contribution in [1.29, 1.82) is 0 Å². The van der Waals surface area contributed by atoms with E-state index in [1.807, 2.05) is 49.5 Å². The zero-order valence-electron chi connectivity index (χ0n) is 14.5. The number of nitrogens with one attached hydrogen (secondary N) is 2. The number of hydrogen-bond donors (Lipinski definition) is 2. The number of benzene rings is 1. The highest BCUT2D eigenvalue weighted by Gasteiger charge is 2.28. The van der Waals surface area contributed by atoms with E-state index in [9.17, 15) is 9.59 Å². The Kier molecular flexibility index (Phi) is 4.16. The van der Waals surface area contributed by atoms with E-state index in [1.54, 1.807) is 6.20 Å². The number of carbonyl (C=O) groups excluding carboxylic acids is 2. The Hall–Kier alpha value is -3.15. The number of para-hydroxylation sites is 1. The molecule has 1 unspecified atom stereocenters. The normalized spacial score (nSPS) is 16.8. The lowest BCUT2D eigenvalue weighted by Crippen LogP contribution is -2.41. The second-order valence-corrected chi connectivity index (χ2v) is 6.62. The first kappa shape index (κ1) is 16.3. The largest absolute Gasteiger partial charge is 0.368 e. The summed E-state index contributed by atoms with van der Waals surface area (Å²) >= 11 is 0. The molecule has 0 bridgehead atoms. The van der Waals surface area contributed by atoms with Crippen LogP contribution in [0.25, 0.3) is 10.9 Å². The SMILES string of the molecule is Cc1[nH]c2ccccc2c1C(=O)C(=O)NC1CCN(c2cccnc2)C1. The summed E-state index contributed by atoms with van der Waals surface area (Å²) in [6.45, 7) is 3.33. The maximum Gasteiger partial charge on any atom is 0.292 e. The fraction of sp³-hybridized carbons (Fsp3) is 0.250. The summed E-state index contributed by atoms with van der Waals surface area (Å²) in [4.78, 5) is 34.7. The molecule has 1 amide bonds. The van der Waals surface area contributed by atoms with Crippen molar-refractivity contribution in [2.45, 2.75) is 19.4 Å². The number of aromatic amines is 1. The van der Waals surface area contributed by atoms with Crippen molar-refractivity contribution in [3.05, 3.63) is 60.0 Å². The number of rotatable bonds is 4. The highest BCUT2D eigenvalue weighted by Crippen LogP contribution is 2.23. The van der Waals surface area contributed by atoms with Crippen molar-refractivity contribution in [1.82, 2.24) is 15.3 Å². The van der Waals surface area contributed by atoms with Gasteiger partial charge in [0.25, 0.3) is 11.7 Å². The van der Waals surface area contributed by atoms with Gasteiger partial charge in [0.15, 0.2) is 0 Å². The van der Waals surface area contributed by atoms with Gasteiger partial charge in [0.1, 0.15) is 0 Å². The molecule has 1 saturated heterocycles. The molecule has 6 heteroatoms. The molecule has 2 N–H and O–H groups in total. The van der Waals surface area contributed by atoms with Crippen LogP contribution >= 0.6 is 0 Å². The number of nitrogens with zero attached hydrogens (tertiary/aromatic N) is 2. The van der Waals surface area contributed by atoms with Gasteiger partial charge in [0.05, 0.1) is 17.4 Å². The number of hydrogen-bond acceptors (Lipinski definition) is 4. The number of H-pyrrole nitrogens is 1. The van der Waals surface area contributed by atoms with E-state index in [4.69, 9.17) is 0 Å². The first-order chi connectivity index (χ1) is 12.6. The van der Waals surface area contributed by atoms with Crippen molar-refractivity contribution in [2.24, 2.45) is 0 Å². The van der Waals surface area contributed by atoms with E-state index in [0.717, 1.165) is 35.2 Å². The average molecular weight is 348 g/mol. The van der Waals surface area contributed by atoms with Gasteiger partial charge in [-0.2, -0.15) is 0 Å². The Morgan fingerprint density at radius 1 is 1.23 bits per heavy atom. The second-order valence-electron chi connectivity index (χ2n) is 6.62. The summed E-state index contributed by atoms with van der Waals surface area (Å²) < 4.78 is 0. The molecule has 26 heavy (non-hydrogen) atoms. The summed E-state index contributed by atoms with van der Waals surface area (Å²) in [5.41, 5.74) is 3.07. The van der Waals surface area contributed by atoms with Crippen LogP contribution in [0.1, 0.15) is 22.5 Å². The summed E-state index contributed by atoms with van der Waals surface area (Å²) in [6, 6.07) is 11.4. The minimum absolute atomic E-state index is 0.0443. The molecule has 6 nitrogen and oxygen atoms in total. The predicted molar refractivity (Wildman–Crippen MR) is 100 cm³/mol. The lowest BCUT2D eigenvalue weighted by molar-refractivity contribution is -0.117. The number of aromatic nitrogens is 2. The Morgan fingerprint density at radius 2 is 2.08 bits per heavy atom. The number of ketones is 1. The molecule has 0 aliphatic carbocycles. The van der Waals surface area contributed by atoms with E-state index in [2.05, 4.69) is 20.2 Å². The minimum Gasteiger partial charge on any atom is -0.368 e. The highest BCUT2D eigenvalue weighted by molar-refractivity contribution is 6.45. The lowest BCUT2D eigenvalue weighted by Gasteiger charge is -2.18. The number of amides is 1. The van der Waals surface area contributed by atoms with Crippen LogP contribution in [0.3, 0.4) is 0 Å². The zero-order valence-corrected chi connectivity index (χ0v) is 14.5. The lowest BCUT2D eigenvalue weighted by atomic mass is 10.1. The van der Waals surface area contributed by atoms with Crippen LogP contribution in [0, 0.1) is 6.92 Å². The molecular weight excluding hydrogens is 328 g/mol. The molecule has 1 aliphatic heterocycles. The number of fused-ring (bicyclic) bond motifs is 1. The summed E-state index contributed by atoms with van der Waals surface area (Å²) in [7, 11) is 0. The summed E-state index contributed by atoms with van der Waals surface area (Å²) in [6.07, 6.45) is 4.35. The van der Waals surface area contributed by atoms with Crippen molar-refractivity contribution < 1.29 is 9.59 Å². The first-order valence-electron chi connectivity index (χ1n) is 8.71.